The smallest absolute Gasteiger partial charge is 0.292 e. The van der Waals surface area contributed by atoms with Crippen LogP contribution >= 0.6 is 0 Å². The van der Waals surface area contributed by atoms with Gasteiger partial charge in [-0.15, -0.1) is 0 Å². The quantitative estimate of drug-likeness (QED) is 0.341. The molecule has 1 N–H and O–H groups in total. The largest absolute Gasteiger partial charge is 0.363 e. The third-order valence-electron chi connectivity index (χ3n) is 5.58. The number of anilines is 1. The molecule has 1 aliphatic rings. The van der Waals surface area contributed by atoms with Crippen LogP contribution in [0.4, 0.5) is 11.4 Å². The summed E-state index contributed by atoms with van der Waals surface area (Å²) in [5, 5.41) is 18.5. The minimum Gasteiger partial charge on any atom is -0.363 e. The fraction of sp³-hybridized carbons (Fsp3) is 0.364. The summed E-state index contributed by atoms with van der Waals surface area (Å²) in [7, 11) is 0. The van der Waals surface area contributed by atoms with Crippen molar-refractivity contribution in [2.24, 2.45) is 0 Å². The van der Waals surface area contributed by atoms with Crippen molar-refractivity contribution in [3.05, 3.63) is 70.5 Å². The van der Waals surface area contributed by atoms with Crippen molar-refractivity contribution in [3.8, 4) is 0 Å². The summed E-state index contributed by atoms with van der Waals surface area (Å²) in [6, 6.07) is 14.4. The second-order valence-corrected chi connectivity index (χ2v) is 7.64. The summed E-state index contributed by atoms with van der Waals surface area (Å²) < 4.78 is 1.69. The van der Waals surface area contributed by atoms with Gasteiger partial charge in [0.05, 0.1) is 10.4 Å². The van der Waals surface area contributed by atoms with Gasteiger partial charge in [-0.3, -0.25) is 19.8 Å². The number of nitrogens with one attached hydrogen (secondary N) is 1. The van der Waals surface area contributed by atoms with Gasteiger partial charge < -0.3 is 10.2 Å². The molecule has 162 valence electrons. The lowest BCUT2D eigenvalue weighted by molar-refractivity contribution is -0.384. The number of carbonyl (C=O) groups is 1. The summed E-state index contributed by atoms with van der Waals surface area (Å²) >= 11 is 0. The van der Waals surface area contributed by atoms with E-state index in [1.165, 1.54) is 0 Å². The predicted molar refractivity (Wildman–Crippen MR) is 119 cm³/mol. The van der Waals surface area contributed by atoms with E-state index in [0.29, 0.717) is 17.9 Å². The Labute approximate surface area is 180 Å². The first kappa shape index (κ1) is 20.8. The minimum atomic E-state index is -0.317. The molecule has 9 heteroatoms. The molecule has 0 saturated carbocycles. The normalized spacial score (nSPS) is 14.6. The molecule has 3 aromatic rings. The van der Waals surface area contributed by atoms with Gasteiger partial charge in [-0.25, -0.2) is 4.52 Å². The lowest BCUT2D eigenvalue weighted by atomic mass is 10.2. The van der Waals surface area contributed by atoms with Crippen molar-refractivity contribution in [2.45, 2.75) is 12.8 Å². The van der Waals surface area contributed by atoms with Gasteiger partial charge in [-0.1, -0.05) is 18.2 Å². The van der Waals surface area contributed by atoms with E-state index in [9.17, 15) is 14.9 Å². The number of nitro benzene ring substituents is 1. The Morgan fingerprint density at radius 3 is 2.61 bits per heavy atom. The highest BCUT2D eigenvalue weighted by molar-refractivity contribution is 5.93. The molecular formula is C22H26N6O3. The lowest BCUT2D eigenvalue weighted by Crippen LogP contribution is -2.46. The maximum atomic E-state index is 12.3. The predicted octanol–water partition coefficient (Wildman–Crippen LogP) is 2.57. The number of amides is 1. The van der Waals surface area contributed by atoms with Crippen LogP contribution in [0.2, 0.25) is 0 Å². The number of para-hydroxylation sites is 2. The van der Waals surface area contributed by atoms with E-state index in [4.69, 9.17) is 0 Å². The van der Waals surface area contributed by atoms with Crippen LogP contribution in [0.1, 0.15) is 23.3 Å². The van der Waals surface area contributed by atoms with Gasteiger partial charge in [0.2, 0.25) is 0 Å². The molecule has 1 amide bonds. The van der Waals surface area contributed by atoms with E-state index in [1.54, 1.807) is 22.7 Å². The van der Waals surface area contributed by atoms with Crippen molar-refractivity contribution in [2.75, 3.05) is 44.2 Å². The SMILES string of the molecule is O=C(NCCCCN1CCN(c2ccccc2[N+](=O)[O-])CC1)c1cc2ccccn2n1. The molecule has 0 atom stereocenters. The molecular weight excluding hydrogens is 396 g/mol. The van der Waals surface area contributed by atoms with Crippen molar-refractivity contribution in [3.63, 3.8) is 0 Å². The number of piperazine rings is 1. The average molecular weight is 422 g/mol. The number of nitro groups is 1. The molecule has 0 unspecified atom stereocenters. The molecule has 1 aliphatic heterocycles. The number of hydrogen-bond donors (Lipinski definition) is 1. The molecule has 0 spiro atoms. The van der Waals surface area contributed by atoms with Gasteiger partial charge in [0.15, 0.2) is 5.69 Å². The van der Waals surface area contributed by atoms with Crippen LogP contribution in [-0.2, 0) is 0 Å². The number of rotatable bonds is 8. The third kappa shape index (κ3) is 5.00. The van der Waals surface area contributed by atoms with Crippen molar-refractivity contribution < 1.29 is 9.72 Å². The molecule has 3 heterocycles. The molecule has 9 nitrogen and oxygen atoms in total. The average Bonchev–Trinajstić information content (AvgIpc) is 3.24. The van der Waals surface area contributed by atoms with Crippen LogP contribution in [-0.4, -0.2) is 64.6 Å². The highest BCUT2D eigenvalue weighted by Gasteiger charge is 2.22. The molecule has 4 rings (SSSR count). The third-order valence-corrected chi connectivity index (χ3v) is 5.58. The van der Waals surface area contributed by atoms with Gasteiger partial charge >= 0.3 is 0 Å². The molecule has 31 heavy (non-hydrogen) atoms. The summed E-state index contributed by atoms with van der Waals surface area (Å²) in [5.41, 5.74) is 2.18. The molecule has 1 saturated heterocycles. The maximum absolute atomic E-state index is 12.3. The number of unbranched alkanes of at least 4 members (excludes halogenated alkanes) is 1. The van der Waals surface area contributed by atoms with Crippen LogP contribution in [0.15, 0.2) is 54.7 Å². The maximum Gasteiger partial charge on any atom is 0.292 e. The number of pyridine rings is 1. The molecule has 2 aromatic heterocycles. The monoisotopic (exact) mass is 422 g/mol. The van der Waals surface area contributed by atoms with Crippen molar-refractivity contribution >= 4 is 22.8 Å². The van der Waals surface area contributed by atoms with E-state index in [1.807, 2.05) is 36.5 Å². The fourth-order valence-corrected chi connectivity index (χ4v) is 3.90. The van der Waals surface area contributed by atoms with Gasteiger partial charge in [0.25, 0.3) is 11.6 Å². The number of aromatic nitrogens is 2. The molecule has 0 radical (unpaired) electrons. The second kappa shape index (κ2) is 9.57. The molecule has 0 bridgehead atoms. The zero-order chi connectivity index (χ0) is 21.6. The Hall–Kier alpha value is -3.46. The number of benzene rings is 1. The number of carbonyl (C=O) groups excluding carboxylic acids is 1. The lowest BCUT2D eigenvalue weighted by Gasteiger charge is -2.35. The van der Waals surface area contributed by atoms with E-state index in [-0.39, 0.29) is 16.5 Å². The topological polar surface area (TPSA) is 96.0 Å². The Bertz CT molecular complexity index is 1030. The van der Waals surface area contributed by atoms with E-state index >= 15 is 0 Å². The van der Waals surface area contributed by atoms with Gasteiger partial charge in [-0.2, -0.15) is 5.10 Å². The highest BCUT2D eigenvalue weighted by Crippen LogP contribution is 2.28. The zero-order valence-corrected chi connectivity index (χ0v) is 17.3. The first-order valence-electron chi connectivity index (χ1n) is 10.5. The molecule has 1 aromatic carbocycles. The van der Waals surface area contributed by atoms with E-state index < -0.39 is 0 Å². The Morgan fingerprint density at radius 1 is 1.06 bits per heavy atom. The first-order chi connectivity index (χ1) is 15.1. The molecule has 1 fully saturated rings. The van der Waals surface area contributed by atoms with Crippen LogP contribution in [0.5, 0.6) is 0 Å². The number of nitrogens with zero attached hydrogens (tertiary/aromatic N) is 5. The van der Waals surface area contributed by atoms with E-state index in [2.05, 4.69) is 20.2 Å². The Kier molecular flexibility index (Phi) is 6.42. The number of hydrogen-bond acceptors (Lipinski definition) is 6. The van der Waals surface area contributed by atoms with Crippen LogP contribution in [0, 0.1) is 10.1 Å². The standard InChI is InChI=1S/C22H26N6O3/c29-22(19-17-18-7-3-5-12-27(18)24-19)23-10-4-6-11-25-13-15-26(16-14-25)20-8-1-2-9-21(20)28(30)31/h1-3,5,7-9,12,17H,4,6,10-11,13-16H2,(H,23,29). The summed E-state index contributed by atoms with van der Waals surface area (Å²) in [6.45, 7) is 4.86. The van der Waals surface area contributed by atoms with Crippen LogP contribution in [0.25, 0.3) is 5.52 Å². The van der Waals surface area contributed by atoms with Gasteiger partial charge in [0, 0.05) is 45.0 Å². The Balaban J connectivity index is 1.16. The van der Waals surface area contributed by atoms with E-state index in [0.717, 1.165) is 51.1 Å². The van der Waals surface area contributed by atoms with Gasteiger partial charge in [0.1, 0.15) is 5.69 Å². The first-order valence-corrected chi connectivity index (χ1v) is 10.5. The fourth-order valence-electron chi connectivity index (χ4n) is 3.90. The van der Waals surface area contributed by atoms with Crippen molar-refractivity contribution in [1.29, 1.82) is 0 Å². The second-order valence-electron chi connectivity index (χ2n) is 7.64. The number of fused-ring (bicyclic) bond motifs is 1. The Morgan fingerprint density at radius 2 is 1.84 bits per heavy atom. The van der Waals surface area contributed by atoms with Crippen LogP contribution in [0.3, 0.4) is 0 Å². The summed E-state index contributed by atoms with van der Waals surface area (Å²) in [4.78, 5) is 27.7. The van der Waals surface area contributed by atoms with Gasteiger partial charge in [-0.05, 0) is 43.7 Å². The summed E-state index contributed by atoms with van der Waals surface area (Å²) in [6.07, 6.45) is 3.70. The summed E-state index contributed by atoms with van der Waals surface area (Å²) in [5.74, 6) is -0.151. The molecule has 0 aliphatic carbocycles. The highest BCUT2D eigenvalue weighted by atomic mass is 16.6. The van der Waals surface area contributed by atoms with Crippen molar-refractivity contribution in [1.82, 2.24) is 19.8 Å². The zero-order valence-electron chi connectivity index (χ0n) is 17.3. The van der Waals surface area contributed by atoms with Crippen LogP contribution < -0.4 is 10.2 Å². The minimum absolute atomic E-state index is 0.151.